The summed E-state index contributed by atoms with van der Waals surface area (Å²) in [5.74, 6) is 0. The molecule has 1 aromatic rings. The standard InChI is InChI=1S/C16H25NO2/c1-3-19-12-13-6-4-5-7-16(13)17-14-8-10-15(18-2)11-9-14/h4-7,14-15,17H,3,8-12H2,1-2H3. The maximum absolute atomic E-state index is 5.52. The van der Waals surface area contributed by atoms with Crippen LogP contribution in [-0.2, 0) is 16.1 Å². The first-order valence-corrected chi connectivity index (χ1v) is 7.28. The number of nitrogens with one attached hydrogen (secondary N) is 1. The molecular weight excluding hydrogens is 238 g/mol. The molecule has 1 N–H and O–H groups in total. The highest BCUT2D eigenvalue weighted by molar-refractivity contribution is 5.51. The first-order chi connectivity index (χ1) is 9.33. The van der Waals surface area contributed by atoms with Gasteiger partial charge in [-0.1, -0.05) is 18.2 Å². The fourth-order valence-electron chi connectivity index (χ4n) is 2.66. The Morgan fingerprint density at radius 2 is 1.89 bits per heavy atom. The van der Waals surface area contributed by atoms with Gasteiger partial charge in [-0.05, 0) is 38.7 Å². The molecule has 0 radical (unpaired) electrons. The molecule has 3 heteroatoms. The van der Waals surface area contributed by atoms with Gasteiger partial charge in [0.15, 0.2) is 0 Å². The third-order valence-electron chi connectivity index (χ3n) is 3.85. The SMILES string of the molecule is CCOCc1ccccc1NC1CCC(OC)CC1. The van der Waals surface area contributed by atoms with Crippen molar-refractivity contribution in [1.29, 1.82) is 0 Å². The highest BCUT2D eigenvalue weighted by atomic mass is 16.5. The van der Waals surface area contributed by atoms with Gasteiger partial charge >= 0.3 is 0 Å². The van der Waals surface area contributed by atoms with Gasteiger partial charge < -0.3 is 14.8 Å². The zero-order valence-electron chi connectivity index (χ0n) is 12.0. The zero-order valence-corrected chi connectivity index (χ0v) is 12.0. The lowest BCUT2D eigenvalue weighted by atomic mass is 9.92. The Balaban J connectivity index is 1.91. The van der Waals surface area contributed by atoms with Gasteiger partial charge in [0.2, 0.25) is 0 Å². The number of methoxy groups -OCH3 is 1. The van der Waals surface area contributed by atoms with Crippen LogP contribution in [0.2, 0.25) is 0 Å². The summed E-state index contributed by atoms with van der Waals surface area (Å²) < 4.78 is 10.9. The van der Waals surface area contributed by atoms with Gasteiger partial charge in [0, 0.05) is 31.0 Å². The smallest absolute Gasteiger partial charge is 0.0736 e. The summed E-state index contributed by atoms with van der Waals surface area (Å²) >= 11 is 0. The molecule has 0 amide bonds. The molecule has 0 spiro atoms. The minimum atomic E-state index is 0.455. The molecular formula is C16H25NO2. The normalized spacial score (nSPS) is 23.3. The molecule has 106 valence electrons. The van der Waals surface area contributed by atoms with Gasteiger partial charge in [-0.2, -0.15) is 0 Å². The third-order valence-corrected chi connectivity index (χ3v) is 3.85. The summed E-state index contributed by atoms with van der Waals surface area (Å²) in [4.78, 5) is 0. The summed E-state index contributed by atoms with van der Waals surface area (Å²) in [6.07, 6.45) is 5.13. The number of rotatable bonds is 6. The first kappa shape index (κ1) is 14.4. The number of hydrogen-bond acceptors (Lipinski definition) is 3. The number of benzene rings is 1. The summed E-state index contributed by atoms with van der Waals surface area (Å²) in [5, 5.41) is 3.67. The Bertz CT molecular complexity index is 373. The van der Waals surface area contributed by atoms with Crippen LogP contribution >= 0.6 is 0 Å². The largest absolute Gasteiger partial charge is 0.382 e. The predicted molar refractivity (Wildman–Crippen MR) is 78.4 cm³/mol. The van der Waals surface area contributed by atoms with Crippen molar-refractivity contribution in [3.63, 3.8) is 0 Å². The van der Waals surface area contributed by atoms with Gasteiger partial charge in [0.05, 0.1) is 12.7 Å². The molecule has 1 saturated carbocycles. The average molecular weight is 263 g/mol. The van der Waals surface area contributed by atoms with Gasteiger partial charge in [0.1, 0.15) is 0 Å². The minimum Gasteiger partial charge on any atom is -0.382 e. The molecule has 1 aliphatic rings. The van der Waals surface area contributed by atoms with Crippen LogP contribution in [-0.4, -0.2) is 25.9 Å². The highest BCUT2D eigenvalue weighted by Gasteiger charge is 2.21. The van der Waals surface area contributed by atoms with Gasteiger partial charge in [0.25, 0.3) is 0 Å². The summed E-state index contributed by atoms with van der Waals surface area (Å²) in [5.41, 5.74) is 2.47. The molecule has 0 atom stereocenters. The van der Waals surface area contributed by atoms with Crippen LogP contribution in [0.15, 0.2) is 24.3 Å². The van der Waals surface area contributed by atoms with Crippen LogP contribution in [0, 0.1) is 0 Å². The van der Waals surface area contributed by atoms with Crippen LogP contribution in [0.5, 0.6) is 0 Å². The van der Waals surface area contributed by atoms with E-state index < -0.39 is 0 Å². The van der Waals surface area contributed by atoms with Gasteiger partial charge in [-0.3, -0.25) is 0 Å². The van der Waals surface area contributed by atoms with Crippen LogP contribution < -0.4 is 5.32 Å². The van der Waals surface area contributed by atoms with Crippen LogP contribution in [0.3, 0.4) is 0 Å². The van der Waals surface area contributed by atoms with Crippen molar-refractivity contribution in [1.82, 2.24) is 0 Å². The van der Waals surface area contributed by atoms with E-state index in [-0.39, 0.29) is 0 Å². The van der Waals surface area contributed by atoms with Gasteiger partial charge in [-0.25, -0.2) is 0 Å². The van der Waals surface area contributed by atoms with Crippen molar-refractivity contribution in [2.75, 3.05) is 19.0 Å². The van der Waals surface area contributed by atoms with Crippen molar-refractivity contribution in [2.24, 2.45) is 0 Å². The maximum Gasteiger partial charge on any atom is 0.0736 e. The topological polar surface area (TPSA) is 30.5 Å². The molecule has 0 aliphatic heterocycles. The first-order valence-electron chi connectivity index (χ1n) is 7.28. The van der Waals surface area contributed by atoms with Crippen LogP contribution in [0.1, 0.15) is 38.2 Å². The Hall–Kier alpha value is -1.06. The molecule has 0 saturated heterocycles. The van der Waals surface area contributed by atoms with E-state index in [2.05, 4.69) is 29.6 Å². The van der Waals surface area contributed by atoms with E-state index in [1.807, 2.05) is 14.0 Å². The third kappa shape index (κ3) is 4.22. The molecule has 0 unspecified atom stereocenters. The maximum atomic E-state index is 5.52. The second-order valence-electron chi connectivity index (χ2n) is 5.15. The van der Waals surface area contributed by atoms with E-state index in [0.29, 0.717) is 18.8 Å². The molecule has 0 aromatic heterocycles. The van der Waals surface area contributed by atoms with Crippen LogP contribution in [0.25, 0.3) is 0 Å². The number of ether oxygens (including phenoxy) is 2. The molecule has 1 aromatic carbocycles. The van der Waals surface area contributed by atoms with Crippen molar-refractivity contribution >= 4 is 5.69 Å². The van der Waals surface area contributed by atoms with E-state index in [4.69, 9.17) is 9.47 Å². The number of hydrogen-bond donors (Lipinski definition) is 1. The van der Waals surface area contributed by atoms with E-state index in [1.54, 1.807) is 0 Å². The molecule has 1 fully saturated rings. The monoisotopic (exact) mass is 263 g/mol. The molecule has 19 heavy (non-hydrogen) atoms. The average Bonchev–Trinajstić information content (AvgIpc) is 2.47. The van der Waals surface area contributed by atoms with E-state index in [9.17, 15) is 0 Å². The van der Waals surface area contributed by atoms with Crippen molar-refractivity contribution < 1.29 is 9.47 Å². The van der Waals surface area contributed by atoms with E-state index in [1.165, 1.54) is 24.1 Å². The summed E-state index contributed by atoms with van der Waals surface area (Å²) in [7, 11) is 1.82. The molecule has 1 aliphatic carbocycles. The molecule has 2 rings (SSSR count). The van der Waals surface area contributed by atoms with Crippen molar-refractivity contribution in [3.05, 3.63) is 29.8 Å². The number of anilines is 1. The molecule has 0 heterocycles. The number of para-hydroxylation sites is 1. The fraction of sp³-hybridized carbons (Fsp3) is 0.625. The summed E-state index contributed by atoms with van der Waals surface area (Å²) in [6, 6.07) is 9.00. The van der Waals surface area contributed by atoms with Crippen molar-refractivity contribution in [3.8, 4) is 0 Å². The van der Waals surface area contributed by atoms with E-state index >= 15 is 0 Å². The zero-order chi connectivity index (χ0) is 13.5. The highest BCUT2D eigenvalue weighted by Crippen LogP contribution is 2.25. The Kier molecular flexibility index (Phi) is 5.67. The molecule has 0 bridgehead atoms. The Labute approximate surface area is 116 Å². The molecule has 3 nitrogen and oxygen atoms in total. The second kappa shape index (κ2) is 7.51. The van der Waals surface area contributed by atoms with Gasteiger partial charge in [-0.15, -0.1) is 0 Å². The summed E-state index contributed by atoms with van der Waals surface area (Å²) in [6.45, 7) is 3.47. The second-order valence-corrected chi connectivity index (χ2v) is 5.15. The van der Waals surface area contributed by atoms with E-state index in [0.717, 1.165) is 19.4 Å². The Morgan fingerprint density at radius 1 is 1.16 bits per heavy atom. The minimum absolute atomic E-state index is 0.455. The lowest BCUT2D eigenvalue weighted by Crippen LogP contribution is -2.29. The quantitative estimate of drug-likeness (QED) is 0.850. The fourth-order valence-corrected chi connectivity index (χ4v) is 2.66. The van der Waals surface area contributed by atoms with Crippen LogP contribution in [0.4, 0.5) is 5.69 Å². The lowest BCUT2D eigenvalue weighted by molar-refractivity contribution is 0.0681. The lowest BCUT2D eigenvalue weighted by Gasteiger charge is -2.29. The Morgan fingerprint density at radius 3 is 2.58 bits per heavy atom. The van der Waals surface area contributed by atoms with Crippen molar-refractivity contribution in [2.45, 2.75) is 51.4 Å². The predicted octanol–water partition coefficient (Wildman–Crippen LogP) is 3.59.